The van der Waals surface area contributed by atoms with E-state index in [9.17, 15) is 4.79 Å². The van der Waals surface area contributed by atoms with Crippen molar-refractivity contribution in [2.45, 2.75) is 47.0 Å². The van der Waals surface area contributed by atoms with Crippen molar-refractivity contribution in [2.75, 3.05) is 23.3 Å². The van der Waals surface area contributed by atoms with Gasteiger partial charge in [0.2, 0.25) is 11.5 Å². The maximum atomic E-state index is 11.7. The van der Waals surface area contributed by atoms with E-state index in [4.69, 9.17) is 0 Å². The Labute approximate surface area is 194 Å². The van der Waals surface area contributed by atoms with Gasteiger partial charge in [0.05, 0.1) is 29.5 Å². The van der Waals surface area contributed by atoms with E-state index in [-0.39, 0.29) is 5.56 Å². The van der Waals surface area contributed by atoms with Crippen LogP contribution in [0.4, 0.5) is 17.3 Å². The number of nitrogens with one attached hydrogen (secondary N) is 2. The molecule has 174 valence electrons. The molecule has 4 aromatic rings. The van der Waals surface area contributed by atoms with Gasteiger partial charge in [0, 0.05) is 43.3 Å². The molecule has 0 radical (unpaired) electrons. The Morgan fingerprint density at radius 1 is 0.939 bits per heavy atom. The molecule has 0 amide bonds. The first-order chi connectivity index (χ1) is 16.3. The summed E-state index contributed by atoms with van der Waals surface area (Å²) in [6.07, 6.45) is 12.6. The van der Waals surface area contributed by atoms with Crippen LogP contribution in [0.15, 0.2) is 60.0 Å². The number of pyridine rings is 2. The Hall–Kier alpha value is -3.68. The Morgan fingerprint density at radius 2 is 1.67 bits per heavy atom. The first kappa shape index (κ1) is 24.0. The van der Waals surface area contributed by atoms with Crippen LogP contribution in [0.5, 0.6) is 0 Å². The summed E-state index contributed by atoms with van der Waals surface area (Å²) in [4.78, 5) is 30.1. The molecule has 0 aromatic carbocycles. The van der Waals surface area contributed by atoms with E-state index in [1.165, 1.54) is 19.3 Å². The molecule has 1 fully saturated rings. The number of piperidine rings is 1. The van der Waals surface area contributed by atoms with Gasteiger partial charge in [-0.05, 0) is 37.5 Å². The smallest absolute Gasteiger partial charge is 0.248 e. The van der Waals surface area contributed by atoms with Crippen molar-refractivity contribution < 1.29 is 0 Å². The van der Waals surface area contributed by atoms with E-state index in [1.54, 1.807) is 30.9 Å². The maximum Gasteiger partial charge on any atom is 0.248 e. The summed E-state index contributed by atoms with van der Waals surface area (Å²) in [6, 6.07) is 7.37. The van der Waals surface area contributed by atoms with E-state index < -0.39 is 0 Å². The molecular weight excluding hydrogens is 414 g/mol. The highest BCUT2D eigenvalue weighted by Gasteiger charge is 2.14. The molecule has 1 aliphatic heterocycles. The second kappa shape index (κ2) is 11.8. The van der Waals surface area contributed by atoms with Crippen molar-refractivity contribution in [3.05, 3.63) is 65.6 Å². The van der Waals surface area contributed by atoms with Crippen LogP contribution < -0.4 is 15.8 Å². The van der Waals surface area contributed by atoms with Crippen LogP contribution in [-0.2, 0) is 0 Å². The van der Waals surface area contributed by atoms with Gasteiger partial charge in [0.25, 0.3) is 0 Å². The lowest BCUT2D eigenvalue weighted by molar-refractivity contribution is 0.568. The molecule has 1 saturated heterocycles. The zero-order valence-corrected chi connectivity index (χ0v) is 19.9. The van der Waals surface area contributed by atoms with Crippen LogP contribution in [0.2, 0.25) is 0 Å². The number of hydrogen-bond donors (Lipinski definition) is 2. The minimum Gasteiger partial charge on any atom is -0.350 e. The highest BCUT2D eigenvalue weighted by Crippen LogP contribution is 2.27. The van der Waals surface area contributed by atoms with Crippen molar-refractivity contribution in [1.29, 1.82) is 0 Å². The first-order valence-corrected chi connectivity index (χ1v) is 11.8. The molecule has 5 rings (SSSR count). The van der Waals surface area contributed by atoms with Crippen molar-refractivity contribution in [3.8, 4) is 11.3 Å². The van der Waals surface area contributed by atoms with Gasteiger partial charge < -0.3 is 15.2 Å². The number of aromatic nitrogens is 5. The molecule has 0 atom stereocenters. The van der Waals surface area contributed by atoms with Crippen molar-refractivity contribution in [2.24, 2.45) is 0 Å². The molecule has 4 aromatic heterocycles. The minimum absolute atomic E-state index is 0.135. The summed E-state index contributed by atoms with van der Waals surface area (Å²) in [5, 5.41) is 3.36. The number of rotatable bonds is 4. The van der Waals surface area contributed by atoms with Gasteiger partial charge in [0.15, 0.2) is 5.65 Å². The predicted octanol–water partition coefficient (Wildman–Crippen LogP) is 5.27. The third-order valence-corrected chi connectivity index (χ3v) is 5.18. The van der Waals surface area contributed by atoms with Gasteiger partial charge in [-0.3, -0.25) is 9.20 Å². The summed E-state index contributed by atoms with van der Waals surface area (Å²) >= 11 is 0. The number of aromatic amines is 1. The lowest BCUT2D eigenvalue weighted by Gasteiger charge is -2.26. The summed E-state index contributed by atoms with van der Waals surface area (Å²) in [5.74, 6) is 0.783. The molecule has 5 heterocycles. The largest absolute Gasteiger partial charge is 0.350 e. The zero-order valence-electron chi connectivity index (χ0n) is 19.9. The van der Waals surface area contributed by atoms with Crippen molar-refractivity contribution in [1.82, 2.24) is 24.3 Å². The quantitative estimate of drug-likeness (QED) is 0.443. The Kier molecular flexibility index (Phi) is 8.57. The monoisotopic (exact) mass is 447 g/mol. The first-order valence-electron chi connectivity index (χ1n) is 11.8. The number of hydrogen-bond acceptors (Lipinski definition) is 6. The number of anilines is 3. The Bertz CT molecular complexity index is 1190. The third-order valence-electron chi connectivity index (χ3n) is 5.18. The molecule has 8 heteroatoms. The number of H-pyrrole nitrogens is 1. The predicted molar refractivity (Wildman–Crippen MR) is 135 cm³/mol. The Morgan fingerprint density at radius 3 is 2.36 bits per heavy atom. The maximum absolute atomic E-state index is 11.7. The van der Waals surface area contributed by atoms with Crippen LogP contribution >= 0.6 is 0 Å². The lowest BCUT2D eigenvalue weighted by Crippen LogP contribution is -2.30. The molecule has 0 aliphatic carbocycles. The number of imidazole rings is 1. The minimum atomic E-state index is -0.135. The van der Waals surface area contributed by atoms with E-state index >= 15 is 0 Å². The van der Waals surface area contributed by atoms with E-state index in [0.717, 1.165) is 47.3 Å². The fraction of sp³-hybridized carbons (Fsp3) is 0.360. The SMILES string of the molecule is CC.CC.O=c1cc(-c2ccc(Nc3cnc(N4CCCCC4)nc3)c3nccn23)cc[nH]1. The summed E-state index contributed by atoms with van der Waals surface area (Å²) in [7, 11) is 0. The second-order valence-corrected chi connectivity index (χ2v) is 7.14. The fourth-order valence-corrected chi connectivity index (χ4v) is 3.75. The van der Waals surface area contributed by atoms with Crippen LogP contribution in [0, 0.1) is 0 Å². The number of fused-ring (bicyclic) bond motifs is 1. The molecule has 0 unspecified atom stereocenters. The van der Waals surface area contributed by atoms with Crippen molar-refractivity contribution in [3.63, 3.8) is 0 Å². The third kappa shape index (κ3) is 5.58. The van der Waals surface area contributed by atoms with Gasteiger partial charge in [-0.1, -0.05) is 27.7 Å². The molecule has 0 bridgehead atoms. The van der Waals surface area contributed by atoms with Gasteiger partial charge in [-0.15, -0.1) is 0 Å². The molecule has 2 N–H and O–H groups in total. The van der Waals surface area contributed by atoms with Crippen LogP contribution in [0.25, 0.3) is 16.9 Å². The standard InChI is InChI=1S/C21H21N7O.2C2H6/c29-19-12-15(6-7-22-19)18-5-4-17(20-23-8-11-28(18)20)26-16-13-24-21(25-14-16)27-9-2-1-3-10-27;2*1-2/h4-8,11-14,26H,1-3,9-10H2,(H,22,29);2*1-2H3. The van der Waals surface area contributed by atoms with Crippen LogP contribution in [0.1, 0.15) is 47.0 Å². The summed E-state index contributed by atoms with van der Waals surface area (Å²) < 4.78 is 1.96. The Balaban J connectivity index is 0.000000728. The topological polar surface area (TPSA) is 91.2 Å². The van der Waals surface area contributed by atoms with Gasteiger partial charge in [0.1, 0.15) is 0 Å². The lowest BCUT2D eigenvalue weighted by atomic mass is 10.1. The normalized spacial score (nSPS) is 12.9. The van der Waals surface area contributed by atoms with Crippen molar-refractivity contribution >= 4 is 23.0 Å². The fourth-order valence-electron chi connectivity index (χ4n) is 3.75. The average Bonchev–Trinajstić information content (AvgIpc) is 3.38. The van der Waals surface area contributed by atoms with Gasteiger partial charge in [-0.2, -0.15) is 0 Å². The van der Waals surface area contributed by atoms with Crippen LogP contribution in [-0.4, -0.2) is 37.4 Å². The summed E-state index contributed by atoms with van der Waals surface area (Å²) in [6.45, 7) is 10.0. The molecule has 33 heavy (non-hydrogen) atoms. The molecule has 8 nitrogen and oxygen atoms in total. The molecule has 0 spiro atoms. The highest BCUT2D eigenvalue weighted by atomic mass is 16.1. The molecule has 1 aliphatic rings. The van der Waals surface area contributed by atoms with Gasteiger partial charge >= 0.3 is 0 Å². The van der Waals surface area contributed by atoms with E-state index in [0.29, 0.717) is 0 Å². The second-order valence-electron chi connectivity index (χ2n) is 7.14. The van der Waals surface area contributed by atoms with E-state index in [2.05, 4.69) is 30.2 Å². The highest BCUT2D eigenvalue weighted by molar-refractivity contribution is 5.77. The molecule has 0 saturated carbocycles. The van der Waals surface area contributed by atoms with Gasteiger partial charge in [-0.25, -0.2) is 15.0 Å². The zero-order chi connectivity index (χ0) is 23.6. The van der Waals surface area contributed by atoms with E-state index in [1.807, 2.05) is 56.5 Å². The summed E-state index contributed by atoms with van der Waals surface area (Å²) in [5.41, 5.74) is 4.01. The average molecular weight is 448 g/mol. The molecular formula is C25H33N7O. The number of nitrogens with zero attached hydrogens (tertiary/aromatic N) is 5. The van der Waals surface area contributed by atoms with Crippen LogP contribution in [0.3, 0.4) is 0 Å².